The van der Waals surface area contributed by atoms with Crippen LogP contribution in [0.4, 0.5) is 0 Å². The van der Waals surface area contributed by atoms with Crippen molar-refractivity contribution < 1.29 is 4.52 Å². The van der Waals surface area contributed by atoms with Crippen molar-refractivity contribution in [1.82, 2.24) is 20.4 Å². The van der Waals surface area contributed by atoms with Gasteiger partial charge in [0, 0.05) is 36.6 Å². The molecule has 2 fully saturated rings. The van der Waals surface area contributed by atoms with E-state index in [1.165, 1.54) is 32.1 Å². The van der Waals surface area contributed by atoms with E-state index in [0.717, 1.165) is 31.2 Å². The van der Waals surface area contributed by atoms with Crippen molar-refractivity contribution >= 4 is 41.5 Å². The van der Waals surface area contributed by atoms with Crippen LogP contribution in [0, 0.1) is 5.41 Å². The first-order valence-electron chi connectivity index (χ1n) is 10.3. The average molecular weight is 530 g/mol. The van der Waals surface area contributed by atoms with Gasteiger partial charge in [-0.1, -0.05) is 41.7 Å². The number of hydrogen-bond acceptors (Lipinski definition) is 4. The molecule has 1 spiro atoms. The van der Waals surface area contributed by atoms with E-state index in [2.05, 4.69) is 27.3 Å². The Labute approximate surface area is 194 Å². The summed E-state index contributed by atoms with van der Waals surface area (Å²) in [5, 5.41) is 8.18. The van der Waals surface area contributed by atoms with Gasteiger partial charge in [0.2, 0.25) is 11.7 Å². The molecule has 4 rings (SSSR count). The topological polar surface area (TPSA) is 66.5 Å². The second kappa shape index (κ2) is 10.1. The molecule has 0 atom stereocenters. The molecular formula is C21H29ClIN5O. The van der Waals surface area contributed by atoms with Crippen LogP contribution in [-0.2, 0) is 6.42 Å². The van der Waals surface area contributed by atoms with Crippen LogP contribution in [0.25, 0.3) is 11.4 Å². The third-order valence-corrected chi connectivity index (χ3v) is 6.11. The molecule has 0 radical (unpaired) electrons. The van der Waals surface area contributed by atoms with Gasteiger partial charge in [0.25, 0.3) is 0 Å². The minimum Gasteiger partial charge on any atom is -0.357 e. The van der Waals surface area contributed by atoms with E-state index in [1.54, 1.807) is 0 Å². The van der Waals surface area contributed by atoms with Gasteiger partial charge < -0.3 is 14.7 Å². The van der Waals surface area contributed by atoms with Crippen LogP contribution < -0.4 is 5.32 Å². The zero-order valence-electron chi connectivity index (χ0n) is 16.9. The third-order valence-electron chi connectivity index (χ3n) is 5.88. The summed E-state index contributed by atoms with van der Waals surface area (Å²) in [4.78, 5) is 11.7. The molecule has 29 heavy (non-hydrogen) atoms. The fourth-order valence-electron chi connectivity index (χ4n) is 4.43. The number of aromatic nitrogens is 2. The Bertz CT molecular complexity index is 834. The average Bonchev–Trinajstić information content (AvgIpc) is 3.44. The summed E-state index contributed by atoms with van der Waals surface area (Å²) in [6.07, 6.45) is 7.43. The number of halogens is 2. The van der Waals surface area contributed by atoms with Crippen LogP contribution in [0.15, 0.2) is 33.8 Å². The zero-order valence-corrected chi connectivity index (χ0v) is 20.0. The van der Waals surface area contributed by atoms with Gasteiger partial charge in [0.05, 0.1) is 6.54 Å². The third kappa shape index (κ3) is 5.42. The summed E-state index contributed by atoms with van der Waals surface area (Å²) in [7, 11) is 0. The number of aliphatic imine (C=N–C) groups is 1. The molecule has 6 nitrogen and oxygen atoms in total. The lowest BCUT2D eigenvalue weighted by Crippen LogP contribution is -2.41. The van der Waals surface area contributed by atoms with Crippen molar-refractivity contribution in [2.75, 3.05) is 26.2 Å². The molecule has 1 saturated heterocycles. The van der Waals surface area contributed by atoms with E-state index in [0.29, 0.717) is 35.1 Å². The highest BCUT2D eigenvalue weighted by Gasteiger charge is 2.41. The number of likely N-dealkylation sites (tertiary alicyclic amines) is 1. The van der Waals surface area contributed by atoms with Crippen molar-refractivity contribution in [2.24, 2.45) is 10.4 Å². The van der Waals surface area contributed by atoms with Crippen LogP contribution >= 0.6 is 35.6 Å². The molecular weight excluding hydrogens is 501 g/mol. The van der Waals surface area contributed by atoms with Gasteiger partial charge in [-0.3, -0.25) is 4.99 Å². The van der Waals surface area contributed by atoms with Gasteiger partial charge in [-0.15, -0.1) is 24.0 Å². The highest BCUT2D eigenvalue weighted by atomic mass is 127. The quantitative estimate of drug-likeness (QED) is 0.343. The summed E-state index contributed by atoms with van der Waals surface area (Å²) >= 11 is 6.04. The first-order chi connectivity index (χ1) is 13.7. The monoisotopic (exact) mass is 529 g/mol. The minimum absolute atomic E-state index is 0. The van der Waals surface area contributed by atoms with Crippen molar-refractivity contribution in [3.63, 3.8) is 0 Å². The van der Waals surface area contributed by atoms with Gasteiger partial charge in [-0.2, -0.15) is 4.98 Å². The highest BCUT2D eigenvalue weighted by molar-refractivity contribution is 14.0. The van der Waals surface area contributed by atoms with Crippen molar-refractivity contribution in [3.05, 3.63) is 35.2 Å². The second-order valence-electron chi connectivity index (χ2n) is 7.89. The van der Waals surface area contributed by atoms with Gasteiger partial charge in [0.15, 0.2) is 5.96 Å². The molecule has 8 heteroatoms. The van der Waals surface area contributed by atoms with E-state index in [4.69, 9.17) is 21.1 Å². The summed E-state index contributed by atoms with van der Waals surface area (Å²) in [5.74, 6) is 2.18. The Morgan fingerprint density at radius 3 is 2.90 bits per heavy atom. The van der Waals surface area contributed by atoms with Gasteiger partial charge in [-0.05, 0) is 43.7 Å². The summed E-state index contributed by atoms with van der Waals surface area (Å²) in [6, 6.07) is 7.48. The number of guanidine groups is 1. The summed E-state index contributed by atoms with van der Waals surface area (Å²) in [5.41, 5.74) is 1.40. The summed E-state index contributed by atoms with van der Waals surface area (Å²) in [6.45, 7) is 5.86. The van der Waals surface area contributed by atoms with Crippen molar-refractivity contribution in [2.45, 2.75) is 45.4 Å². The highest BCUT2D eigenvalue weighted by Crippen LogP contribution is 2.45. The van der Waals surface area contributed by atoms with Crippen LogP contribution in [0.2, 0.25) is 5.02 Å². The van der Waals surface area contributed by atoms with Crippen LogP contribution in [0.1, 0.15) is 44.9 Å². The first kappa shape index (κ1) is 22.3. The first-order valence-corrected chi connectivity index (χ1v) is 10.7. The van der Waals surface area contributed by atoms with Gasteiger partial charge >= 0.3 is 0 Å². The van der Waals surface area contributed by atoms with Gasteiger partial charge in [0.1, 0.15) is 0 Å². The normalized spacial score (nSPS) is 18.3. The van der Waals surface area contributed by atoms with Crippen molar-refractivity contribution in [1.29, 1.82) is 0 Å². The molecule has 0 amide bonds. The fraction of sp³-hybridized carbons (Fsp3) is 0.571. The van der Waals surface area contributed by atoms with E-state index in [-0.39, 0.29) is 24.0 Å². The minimum atomic E-state index is 0. The molecule has 2 aliphatic rings. The molecule has 0 unspecified atom stereocenters. The molecule has 1 aromatic heterocycles. The van der Waals surface area contributed by atoms with E-state index in [1.807, 2.05) is 24.3 Å². The fourth-order valence-corrected chi connectivity index (χ4v) is 4.62. The lowest BCUT2D eigenvalue weighted by atomic mass is 9.86. The predicted octanol–water partition coefficient (Wildman–Crippen LogP) is 4.78. The lowest BCUT2D eigenvalue weighted by molar-refractivity contribution is 0.309. The lowest BCUT2D eigenvalue weighted by Gasteiger charge is -2.25. The molecule has 158 valence electrons. The Kier molecular flexibility index (Phi) is 7.79. The number of hydrogen-bond donors (Lipinski definition) is 1. The molecule has 1 saturated carbocycles. The molecule has 1 N–H and O–H groups in total. The largest absolute Gasteiger partial charge is 0.357 e. The predicted molar refractivity (Wildman–Crippen MR) is 127 cm³/mol. The molecule has 1 aliphatic heterocycles. The zero-order chi connectivity index (χ0) is 19.4. The molecule has 2 aromatic rings. The van der Waals surface area contributed by atoms with E-state index >= 15 is 0 Å². The molecule has 2 heterocycles. The Morgan fingerprint density at radius 2 is 2.14 bits per heavy atom. The number of rotatable bonds is 5. The molecule has 1 aromatic carbocycles. The smallest absolute Gasteiger partial charge is 0.228 e. The number of nitrogens with one attached hydrogen (secondary N) is 1. The van der Waals surface area contributed by atoms with Gasteiger partial charge in [-0.25, -0.2) is 0 Å². The Hall–Kier alpha value is -1.35. The maximum absolute atomic E-state index is 6.04. The maximum Gasteiger partial charge on any atom is 0.228 e. The van der Waals surface area contributed by atoms with Crippen LogP contribution in [0.5, 0.6) is 0 Å². The van der Waals surface area contributed by atoms with E-state index < -0.39 is 0 Å². The van der Waals surface area contributed by atoms with Crippen LogP contribution in [0.3, 0.4) is 0 Å². The standard InChI is InChI=1S/C21H28ClN5O.HI/c1-2-23-20(27-13-11-21(15-27)9-3-4-10-21)24-12-8-18-25-19(26-28-18)16-6-5-7-17(22)14-16;/h5-7,14H,2-4,8-13,15H2,1H3,(H,23,24);1H. The Morgan fingerprint density at radius 1 is 1.31 bits per heavy atom. The molecule has 0 bridgehead atoms. The molecule has 1 aliphatic carbocycles. The van der Waals surface area contributed by atoms with Crippen molar-refractivity contribution in [3.8, 4) is 11.4 Å². The summed E-state index contributed by atoms with van der Waals surface area (Å²) < 4.78 is 5.39. The van der Waals surface area contributed by atoms with E-state index in [9.17, 15) is 0 Å². The van der Waals surface area contributed by atoms with Crippen LogP contribution in [-0.4, -0.2) is 47.2 Å². The SMILES string of the molecule is CCNC(=NCCc1nc(-c2cccc(Cl)c2)no1)N1CCC2(CCCC2)C1.I. The maximum atomic E-state index is 6.04. The Balaban J connectivity index is 0.00000240. The second-order valence-corrected chi connectivity index (χ2v) is 8.32. The number of benzene rings is 1. The number of nitrogens with zero attached hydrogens (tertiary/aromatic N) is 4.